The monoisotopic (exact) mass is 280 g/mol. The van der Waals surface area contributed by atoms with Crippen LogP contribution >= 0.6 is 15.9 Å². The normalized spacial score (nSPS) is 10.3. The molecule has 0 aliphatic rings. The van der Waals surface area contributed by atoms with Gasteiger partial charge < -0.3 is 15.5 Å². The van der Waals surface area contributed by atoms with Gasteiger partial charge in [0.15, 0.2) is 0 Å². The van der Waals surface area contributed by atoms with E-state index in [1.165, 1.54) is 0 Å². The van der Waals surface area contributed by atoms with E-state index in [0.29, 0.717) is 0 Å². The van der Waals surface area contributed by atoms with Crippen LogP contribution in [0.5, 0.6) is 0 Å². The van der Waals surface area contributed by atoms with E-state index in [4.69, 9.17) is 10.2 Å². The van der Waals surface area contributed by atoms with Crippen LogP contribution in [0.3, 0.4) is 0 Å². The van der Waals surface area contributed by atoms with E-state index in [9.17, 15) is 0 Å². The van der Waals surface area contributed by atoms with Crippen LogP contribution < -0.4 is 11.1 Å². The largest absolute Gasteiger partial charge is 0.469 e. The maximum atomic E-state index is 5.84. The molecule has 4 heteroatoms. The lowest BCUT2D eigenvalue weighted by atomic mass is 10.2. The van der Waals surface area contributed by atoms with Crippen molar-refractivity contribution < 1.29 is 4.42 Å². The van der Waals surface area contributed by atoms with Crippen molar-refractivity contribution in [3.8, 4) is 0 Å². The molecule has 2 aromatic rings. The molecule has 0 fully saturated rings. The summed E-state index contributed by atoms with van der Waals surface area (Å²) in [7, 11) is 0. The average molecular weight is 281 g/mol. The van der Waals surface area contributed by atoms with Crippen molar-refractivity contribution in [1.29, 1.82) is 0 Å². The fraction of sp³-hybridized carbons (Fsp3) is 0.167. The van der Waals surface area contributed by atoms with Crippen molar-refractivity contribution in [2.24, 2.45) is 0 Å². The van der Waals surface area contributed by atoms with Gasteiger partial charge in [0.2, 0.25) is 0 Å². The Labute approximate surface area is 103 Å². The van der Waals surface area contributed by atoms with E-state index >= 15 is 0 Å². The molecule has 0 saturated carbocycles. The van der Waals surface area contributed by atoms with Crippen molar-refractivity contribution in [3.63, 3.8) is 0 Å². The molecular formula is C12H13BrN2O. The highest BCUT2D eigenvalue weighted by Crippen LogP contribution is 2.23. The topological polar surface area (TPSA) is 51.2 Å². The van der Waals surface area contributed by atoms with Crippen LogP contribution in [0.2, 0.25) is 0 Å². The predicted molar refractivity (Wildman–Crippen MR) is 69.5 cm³/mol. The Kier molecular flexibility index (Phi) is 3.51. The van der Waals surface area contributed by atoms with Crippen molar-refractivity contribution >= 4 is 27.3 Å². The summed E-state index contributed by atoms with van der Waals surface area (Å²) in [4.78, 5) is 0. The van der Waals surface area contributed by atoms with Crippen LogP contribution in [-0.4, -0.2) is 6.54 Å². The van der Waals surface area contributed by atoms with Crippen LogP contribution in [0.15, 0.2) is 45.5 Å². The van der Waals surface area contributed by atoms with Crippen molar-refractivity contribution in [2.75, 3.05) is 17.6 Å². The smallest absolute Gasteiger partial charge is 0.105 e. The van der Waals surface area contributed by atoms with Crippen LogP contribution in [0, 0.1) is 0 Å². The molecule has 2 rings (SSSR count). The zero-order valence-electron chi connectivity index (χ0n) is 8.74. The number of hydrogen-bond donors (Lipinski definition) is 2. The highest BCUT2D eigenvalue weighted by molar-refractivity contribution is 9.10. The third kappa shape index (κ3) is 2.79. The molecule has 84 valence electrons. The Bertz CT molecular complexity index is 454. The van der Waals surface area contributed by atoms with Gasteiger partial charge in [-0.1, -0.05) is 15.9 Å². The first kappa shape index (κ1) is 11.1. The first-order valence-corrected chi connectivity index (χ1v) is 5.86. The molecule has 1 aromatic carbocycles. The zero-order chi connectivity index (χ0) is 11.4. The molecule has 0 amide bonds. The van der Waals surface area contributed by atoms with Crippen LogP contribution in [-0.2, 0) is 6.42 Å². The summed E-state index contributed by atoms with van der Waals surface area (Å²) < 4.78 is 6.26. The highest BCUT2D eigenvalue weighted by atomic mass is 79.9. The van der Waals surface area contributed by atoms with Gasteiger partial charge in [0.05, 0.1) is 17.6 Å². The first-order valence-electron chi connectivity index (χ1n) is 5.07. The predicted octanol–water partition coefficient (Wildman–Crippen LogP) is 3.28. The Morgan fingerprint density at radius 3 is 2.94 bits per heavy atom. The zero-order valence-corrected chi connectivity index (χ0v) is 10.3. The minimum Gasteiger partial charge on any atom is -0.469 e. The van der Waals surface area contributed by atoms with Gasteiger partial charge in [-0.3, -0.25) is 0 Å². The van der Waals surface area contributed by atoms with Crippen molar-refractivity contribution in [1.82, 2.24) is 0 Å². The van der Waals surface area contributed by atoms with Crippen LogP contribution in [0.1, 0.15) is 5.76 Å². The number of nitrogens with one attached hydrogen (secondary N) is 1. The minimum atomic E-state index is 0.752. The van der Waals surface area contributed by atoms with Gasteiger partial charge in [0, 0.05) is 17.4 Å². The van der Waals surface area contributed by atoms with Crippen molar-refractivity contribution in [3.05, 3.63) is 46.8 Å². The van der Waals surface area contributed by atoms with Crippen molar-refractivity contribution in [2.45, 2.75) is 6.42 Å². The third-order valence-corrected chi connectivity index (χ3v) is 2.78. The second-order valence-electron chi connectivity index (χ2n) is 3.49. The molecule has 0 unspecified atom stereocenters. The number of halogens is 1. The average Bonchev–Trinajstić information content (AvgIpc) is 2.76. The summed E-state index contributed by atoms with van der Waals surface area (Å²) in [6, 6.07) is 9.62. The number of rotatable bonds is 4. The second-order valence-corrected chi connectivity index (χ2v) is 4.40. The van der Waals surface area contributed by atoms with E-state index in [0.717, 1.165) is 34.6 Å². The molecule has 1 aromatic heterocycles. The number of nitrogen functional groups attached to an aromatic ring is 1. The van der Waals surface area contributed by atoms with Crippen LogP contribution in [0.4, 0.5) is 11.4 Å². The lowest BCUT2D eigenvalue weighted by molar-refractivity contribution is 0.513. The molecule has 16 heavy (non-hydrogen) atoms. The Hall–Kier alpha value is -1.42. The van der Waals surface area contributed by atoms with E-state index < -0.39 is 0 Å². The summed E-state index contributed by atoms with van der Waals surface area (Å²) in [5.74, 6) is 0.973. The molecule has 0 radical (unpaired) electrons. The lowest BCUT2D eigenvalue weighted by Crippen LogP contribution is -2.06. The molecule has 0 atom stereocenters. The second kappa shape index (κ2) is 5.07. The van der Waals surface area contributed by atoms with Gasteiger partial charge in [-0.05, 0) is 30.3 Å². The molecule has 1 heterocycles. The number of hydrogen-bond acceptors (Lipinski definition) is 3. The summed E-state index contributed by atoms with van der Waals surface area (Å²) in [6.07, 6.45) is 2.53. The fourth-order valence-electron chi connectivity index (χ4n) is 1.46. The lowest BCUT2D eigenvalue weighted by Gasteiger charge is -2.08. The van der Waals surface area contributed by atoms with E-state index in [2.05, 4.69) is 21.2 Å². The molecule has 3 nitrogen and oxygen atoms in total. The molecule has 0 aliphatic heterocycles. The number of benzene rings is 1. The number of furan rings is 1. The summed E-state index contributed by atoms with van der Waals surface area (Å²) >= 11 is 3.41. The van der Waals surface area contributed by atoms with E-state index in [1.807, 2.05) is 30.3 Å². The Morgan fingerprint density at radius 1 is 1.31 bits per heavy atom. The molecule has 0 aliphatic carbocycles. The van der Waals surface area contributed by atoms with E-state index in [-0.39, 0.29) is 0 Å². The molecule has 0 bridgehead atoms. The number of nitrogens with two attached hydrogens (primary N) is 1. The molecule has 3 N–H and O–H groups in total. The van der Waals surface area contributed by atoms with Crippen LogP contribution in [0.25, 0.3) is 0 Å². The molecule has 0 spiro atoms. The quantitative estimate of drug-likeness (QED) is 0.845. The van der Waals surface area contributed by atoms with Gasteiger partial charge in [-0.25, -0.2) is 0 Å². The highest BCUT2D eigenvalue weighted by Gasteiger charge is 2.00. The molecular weight excluding hydrogens is 268 g/mol. The number of anilines is 2. The molecule has 0 saturated heterocycles. The fourth-order valence-corrected chi connectivity index (χ4v) is 1.82. The maximum absolute atomic E-state index is 5.84. The van der Waals surface area contributed by atoms with E-state index in [1.54, 1.807) is 6.26 Å². The van der Waals surface area contributed by atoms with Gasteiger partial charge >= 0.3 is 0 Å². The summed E-state index contributed by atoms with van der Waals surface area (Å²) in [5.41, 5.74) is 7.54. The SMILES string of the molecule is Nc1ccc(Br)cc1NCCc1ccco1. The Balaban J connectivity index is 1.92. The summed E-state index contributed by atoms with van der Waals surface area (Å²) in [6.45, 7) is 0.800. The third-order valence-electron chi connectivity index (χ3n) is 2.28. The first-order chi connectivity index (χ1) is 7.75. The van der Waals surface area contributed by atoms with Gasteiger partial charge in [-0.15, -0.1) is 0 Å². The van der Waals surface area contributed by atoms with Gasteiger partial charge in [0.1, 0.15) is 5.76 Å². The standard InChI is InChI=1S/C12H13BrN2O/c13-9-3-4-11(14)12(8-9)15-6-5-10-2-1-7-16-10/h1-4,7-8,15H,5-6,14H2. The summed E-state index contributed by atoms with van der Waals surface area (Å²) in [5, 5.41) is 3.28. The van der Waals surface area contributed by atoms with Gasteiger partial charge in [-0.2, -0.15) is 0 Å². The Morgan fingerprint density at radius 2 is 2.19 bits per heavy atom. The minimum absolute atomic E-state index is 0.752. The van der Waals surface area contributed by atoms with Gasteiger partial charge in [0.25, 0.3) is 0 Å². The maximum Gasteiger partial charge on any atom is 0.105 e.